The normalized spacial score (nSPS) is 10.7. The second-order valence-corrected chi connectivity index (χ2v) is 3.02. The second-order valence-electron chi connectivity index (χ2n) is 3.02. The van der Waals surface area contributed by atoms with Gasteiger partial charge in [0.1, 0.15) is 5.52 Å². The number of fused-ring (bicyclic) bond motifs is 1. The molecule has 5 nitrogen and oxygen atoms in total. The van der Waals surface area contributed by atoms with Gasteiger partial charge in [-0.15, -0.1) is 0 Å². The number of aromatic amines is 1. The lowest BCUT2D eigenvalue weighted by Crippen LogP contribution is -2.10. The Morgan fingerprint density at radius 1 is 1.50 bits per heavy atom. The van der Waals surface area contributed by atoms with Gasteiger partial charge in [-0.1, -0.05) is 0 Å². The number of H-pyrrole nitrogens is 1. The zero-order chi connectivity index (χ0) is 10.3. The van der Waals surface area contributed by atoms with Crippen LogP contribution in [0.15, 0.2) is 16.9 Å². The number of aromatic hydroxyl groups is 1. The molecule has 1 heterocycles. The number of hydrogen-bond donors (Lipinski definition) is 2. The van der Waals surface area contributed by atoms with Crippen molar-refractivity contribution in [1.82, 2.24) is 9.78 Å². The Labute approximate surface area is 79.5 Å². The Morgan fingerprint density at radius 3 is 2.86 bits per heavy atom. The summed E-state index contributed by atoms with van der Waals surface area (Å²) in [5.74, 6) is 0.307. The number of nitrogens with zero attached hydrogens (tertiary/aromatic N) is 1. The number of nitrogens with one attached hydrogen (secondary N) is 1. The van der Waals surface area contributed by atoms with Crippen LogP contribution in [0.5, 0.6) is 11.5 Å². The van der Waals surface area contributed by atoms with Crippen LogP contribution in [-0.2, 0) is 7.05 Å². The Morgan fingerprint density at radius 2 is 2.21 bits per heavy atom. The van der Waals surface area contributed by atoms with Crippen LogP contribution in [0.25, 0.3) is 10.9 Å². The van der Waals surface area contributed by atoms with Gasteiger partial charge in [-0.25, -0.2) is 0 Å². The van der Waals surface area contributed by atoms with Crippen molar-refractivity contribution in [3.63, 3.8) is 0 Å². The molecular formula is C9H10N2O3. The minimum atomic E-state index is -0.140. The third-order valence-corrected chi connectivity index (χ3v) is 2.16. The number of methoxy groups -OCH3 is 1. The molecule has 5 heteroatoms. The standard InChI is InChI=1S/C9H10N2O3/c1-11-9(13)5-3-4-6(12)8(14-2)7(5)10-11/h3-4,10,12H,1-2H3. The van der Waals surface area contributed by atoms with Gasteiger partial charge in [0, 0.05) is 7.05 Å². The third-order valence-electron chi connectivity index (χ3n) is 2.16. The molecule has 0 saturated carbocycles. The van der Waals surface area contributed by atoms with E-state index in [2.05, 4.69) is 5.10 Å². The lowest BCUT2D eigenvalue weighted by atomic mass is 10.2. The zero-order valence-corrected chi connectivity index (χ0v) is 7.87. The first kappa shape index (κ1) is 8.68. The number of benzene rings is 1. The van der Waals surface area contributed by atoms with Crippen molar-refractivity contribution in [2.75, 3.05) is 7.11 Å². The van der Waals surface area contributed by atoms with Gasteiger partial charge in [-0.05, 0) is 12.1 Å². The molecule has 1 aromatic heterocycles. The molecule has 2 rings (SSSR count). The Bertz CT molecular complexity index is 539. The fourth-order valence-corrected chi connectivity index (χ4v) is 1.47. The SMILES string of the molecule is COc1c(O)ccc2c(=O)n(C)[nH]c12. The fraction of sp³-hybridized carbons (Fsp3) is 0.222. The number of aromatic nitrogens is 2. The summed E-state index contributed by atoms with van der Waals surface area (Å²) in [6, 6.07) is 3.00. The predicted molar refractivity (Wildman–Crippen MR) is 51.8 cm³/mol. The number of hydrogen-bond acceptors (Lipinski definition) is 3. The van der Waals surface area contributed by atoms with Crippen LogP contribution in [0.2, 0.25) is 0 Å². The van der Waals surface area contributed by atoms with Crippen LogP contribution in [0, 0.1) is 0 Å². The molecule has 0 bridgehead atoms. The third kappa shape index (κ3) is 0.985. The molecule has 0 aliphatic heterocycles. The van der Waals surface area contributed by atoms with Crippen molar-refractivity contribution in [2.24, 2.45) is 7.05 Å². The second kappa shape index (κ2) is 2.80. The molecule has 0 fully saturated rings. The number of rotatable bonds is 1. The first-order chi connectivity index (χ1) is 6.65. The predicted octanol–water partition coefficient (Wildman–Crippen LogP) is 0.581. The number of aryl methyl sites for hydroxylation is 1. The maximum Gasteiger partial charge on any atom is 0.274 e. The van der Waals surface area contributed by atoms with E-state index in [1.54, 1.807) is 13.1 Å². The average Bonchev–Trinajstić information content (AvgIpc) is 2.43. The van der Waals surface area contributed by atoms with E-state index >= 15 is 0 Å². The molecule has 2 N–H and O–H groups in total. The van der Waals surface area contributed by atoms with Crippen molar-refractivity contribution in [1.29, 1.82) is 0 Å². The number of phenols is 1. The smallest absolute Gasteiger partial charge is 0.274 e. The van der Waals surface area contributed by atoms with E-state index in [0.29, 0.717) is 16.7 Å². The Balaban J connectivity index is 2.96. The van der Waals surface area contributed by atoms with E-state index < -0.39 is 0 Å². The van der Waals surface area contributed by atoms with Gasteiger partial charge in [-0.3, -0.25) is 14.6 Å². The minimum absolute atomic E-state index is 0.0156. The first-order valence-corrected chi connectivity index (χ1v) is 4.10. The van der Waals surface area contributed by atoms with Gasteiger partial charge in [0.05, 0.1) is 12.5 Å². The maximum atomic E-state index is 11.5. The first-order valence-electron chi connectivity index (χ1n) is 4.10. The van der Waals surface area contributed by atoms with Gasteiger partial charge < -0.3 is 9.84 Å². The van der Waals surface area contributed by atoms with Crippen LogP contribution >= 0.6 is 0 Å². The van der Waals surface area contributed by atoms with Gasteiger partial charge in [0.25, 0.3) is 5.56 Å². The summed E-state index contributed by atoms with van der Waals surface area (Å²) in [5, 5.41) is 12.8. The van der Waals surface area contributed by atoms with Crippen molar-refractivity contribution in [3.8, 4) is 11.5 Å². The van der Waals surface area contributed by atoms with Gasteiger partial charge in [0.2, 0.25) is 0 Å². The van der Waals surface area contributed by atoms with Crippen LogP contribution in [0.4, 0.5) is 0 Å². The Kier molecular flexibility index (Phi) is 1.73. The molecule has 0 unspecified atom stereocenters. The molecule has 0 amide bonds. The van der Waals surface area contributed by atoms with Crippen molar-refractivity contribution >= 4 is 10.9 Å². The quantitative estimate of drug-likeness (QED) is 0.697. The van der Waals surface area contributed by atoms with Crippen molar-refractivity contribution < 1.29 is 9.84 Å². The van der Waals surface area contributed by atoms with Crippen molar-refractivity contribution in [2.45, 2.75) is 0 Å². The van der Waals surface area contributed by atoms with Crippen molar-refractivity contribution in [3.05, 3.63) is 22.5 Å². The molecule has 0 saturated heterocycles. The molecule has 14 heavy (non-hydrogen) atoms. The number of ether oxygens (including phenoxy) is 1. The van der Waals surface area contributed by atoms with Crippen LogP contribution in [-0.4, -0.2) is 22.0 Å². The van der Waals surface area contributed by atoms with Crippen LogP contribution < -0.4 is 10.3 Å². The van der Waals surface area contributed by atoms with Gasteiger partial charge >= 0.3 is 0 Å². The monoisotopic (exact) mass is 194 g/mol. The average molecular weight is 194 g/mol. The highest BCUT2D eigenvalue weighted by Gasteiger charge is 2.12. The lowest BCUT2D eigenvalue weighted by Gasteiger charge is -2.02. The molecule has 0 atom stereocenters. The highest BCUT2D eigenvalue weighted by molar-refractivity contribution is 5.86. The molecule has 0 aliphatic rings. The molecular weight excluding hydrogens is 184 g/mol. The van der Waals surface area contributed by atoms with E-state index in [9.17, 15) is 9.90 Å². The maximum absolute atomic E-state index is 11.5. The lowest BCUT2D eigenvalue weighted by molar-refractivity contribution is 0.377. The van der Waals surface area contributed by atoms with Crippen LogP contribution in [0.3, 0.4) is 0 Å². The molecule has 0 radical (unpaired) electrons. The van der Waals surface area contributed by atoms with Crippen LogP contribution in [0.1, 0.15) is 0 Å². The zero-order valence-electron chi connectivity index (χ0n) is 7.87. The summed E-state index contributed by atoms with van der Waals surface area (Å²) in [5.41, 5.74) is 0.373. The van der Waals surface area contributed by atoms with E-state index in [-0.39, 0.29) is 11.3 Å². The Hall–Kier alpha value is -1.91. The van der Waals surface area contributed by atoms with Gasteiger partial charge in [-0.2, -0.15) is 0 Å². The largest absolute Gasteiger partial charge is 0.504 e. The molecule has 2 aromatic rings. The minimum Gasteiger partial charge on any atom is -0.504 e. The van der Waals surface area contributed by atoms with E-state index in [4.69, 9.17) is 4.74 Å². The summed E-state index contributed by atoms with van der Waals surface area (Å²) in [6.45, 7) is 0. The summed E-state index contributed by atoms with van der Waals surface area (Å²) >= 11 is 0. The summed E-state index contributed by atoms with van der Waals surface area (Å²) < 4.78 is 6.33. The summed E-state index contributed by atoms with van der Waals surface area (Å²) in [7, 11) is 3.05. The summed E-state index contributed by atoms with van der Waals surface area (Å²) in [4.78, 5) is 11.5. The van der Waals surface area contributed by atoms with E-state index in [1.165, 1.54) is 17.9 Å². The molecule has 74 valence electrons. The summed E-state index contributed by atoms with van der Waals surface area (Å²) in [6.07, 6.45) is 0. The highest BCUT2D eigenvalue weighted by atomic mass is 16.5. The highest BCUT2D eigenvalue weighted by Crippen LogP contribution is 2.31. The number of phenolic OH excluding ortho intramolecular Hbond substituents is 1. The van der Waals surface area contributed by atoms with E-state index in [1.807, 2.05) is 0 Å². The van der Waals surface area contributed by atoms with Gasteiger partial charge in [0.15, 0.2) is 11.5 Å². The molecule has 0 spiro atoms. The topological polar surface area (TPSA) is 67.2 Å². The fourth-order valence-electron chi connectivity index (χ4n) is 1.47. The molecule has 0 aliphatic carbocycles. The molecule has 1 aromatic carbocycles. The van der Waals surface area contributed by atoms with E-state index in [0.717, 1.165) is 0 Å².